The molecule has 0 aromatic heterocycles. The van der Waals surface area contributed by atoms with E-state index in [1.54, 1.807) is 24.3 Å². The summed E-state index contributed by atoms with van der Waals surface area (Å²) in [5, 5.41) is 3.00. The van der Waals surface area contributed by atoms with Crippen LogP contribution in [0.25, 0.3) is 0 Å². The van der Waals surface area contributed by atoms with Crippen LogP contribution in [-0.4, -0.2) is 49.8 Å². The third-order valence-electron chi connectivity index (χ3n) is 6.61. The third kappa shape index (κ3) is 7.94. The van der Waals surface area contributed by atoms with Gasteiger partial charge in [0, 0.05) is 12.1 Å². The van der Waals surface area contributed by atoms with Crippen LogP contribution < -0.4 is 9.62 Å². The number of nitrogens with zero attached hydrogens (tertiary/aromatic N) is 2. The summed E-state index contributed by atoms with van der Waals surface area (Å²) in [5.74, 6) is -0.701. The standard InChI is InChI=1S/C32H41N3O4S/c1-7-28(31(37)33-32(4,5)6)34(21-20-26-14-10-8-11-15-26)30(36)23-35(29-22-24(2)18-19-25(29)3)40(38,39)27-16-12-9-13-17-27/h8-19,22,28H,7,20-21,23H2,1-6H3,(H,33,37). The van der Waals surface area contributed by atoms with Crippen molar-refractivity contribution in [2.75, 3.05) is 17.4 Å². The van der Waals surface area contributed by atoms with Crippen molar-refractivity contribution in [3.8, 4) is 0 Å². The van der Waals surface area contributed by atoms with Crippen LogP contribution in [0.1, 0.15) is 50.8 Å². The lowest BCUT2D eigenvalue weighted by molar-refractivity contribution is -0.140. The molecule has 1 N–H and O–H groups in total. The van der Waals surface area contributed by atoms with Gasteiger partial charge < -0.3 is 10.2 Å². The second kappa shape index (κ2) is 13.1. The molecule has 1 atom stereocenters. The van der Waals surface area contributed by atoms with E-state index in [1.165, 1.54) is 21.3 Å². The summed E-state index contributed by atoms with van der Waals surface area (Å²) >= 11 is 0. The molecule has 0 saturated heterocycles. The molecule has 214 valence electrons. The Kier molecular flexibility index (Phi) is 10.1. The van der Waals surface area contributed by atoms with Gasteiger partial charge in [-0.2, -0.15) is 0 Å². The maximum atomic E-state index is 14.1. The van der Waals surface area contributed by atoms with E-state index in [0.717, 1.165) is 16.7 Å². The van der Waals surface area contributed by atoms with Gasteiger partial charge in [0.2, 0.25) is 11.8 Å². The van der Waals surface area contributed by atoms with Gasteiger partial charge in [0.1, 0.15) is 12.6 Å². The molecular weight excluding hydrogens is 522 g/mol. The molecule has 0 fully saturated rings. The summed E-state index contributed by atoms with van der Waals surface area (Å²) in [6.07, 6.45) is 0.915. The molecule has 0 aliphatic rings. The van der Waals surface area contributed by atoms with Gasteiger partial charge >= 0.3 is 0 Å². The minimum absolute atomic E-state index is 0.0945. The molecule has 7 nitrogen and oxygen atoms in total. The molecule has 0 radical (unpaired) electrons. The summed E-state index contributed by atoms with van der Waals surface area (Å²) in [6, 6.07) is 22.6. The van der Waals surface area contributed by atoms with Crippen molar-refractivity contribution in [2.24, 2.45) is 0 Å². The zero-order valence-electron chi connectivity index (χ0n) is 24.3. The van der Waals surface area contributed by atoms with Crippen LogP contribution in [0.15, 0.2) is 83.8 Å². The van der Waals surface area contributed by atoms with E-state index in [0.29, 0.717) is 18.5 Å². The first-order chi connectivity index (χ1) is 18.8. The van der Waals surface area contributed by atoms with Crippen LogP contribution in [0.2, 0.25) is 0 Å². The second-order valence-electron chi connectivity index (χ2n) is 11.1. The molecule has 0 aliphatic heterocycles. The maximum Gasteiger partial charge on any atom is 0.264 e. The predicted octanol–water partition coefficient (Wildman–Crippen LogP) is 5.26. The Morgan fingerprint density at radius 3 is 2.08 bits per heavy atom. The van der Waals surface area contributed by atoms with Crippen LogP contribution >= 0.6 is 0 Å². The molecule has 0 saturated carbocycles. The van der Waals surface area contributed by atoms with Gasteiger partial charge in [-0.25, -0.2) is 8.42 Å². The van der Waals surface area contributed by atoms with E-state index >= 15 is 0 Å². The number of carbonyl (C=O) groups is 2. The lowest BCUT2D eigenvalue weighted by atomic mass is 10.1. The average molecular weight is 564 g/mol. The molecule has 0 bridgehead atoms. The molecule has 3 aromatic rings. The zero-order valence-corrected chi connectivity index (χ0v) is 25.2. The summed E-state index contributed by atoms with van der Waals surface area (Å²) in [7, 11) is -4.09. The minimum atomic E-state index is -4.09. The Labute approximate surface area is 239 Å². The highest BCUT2D eigenvalue weighted by atomic mass is 32.2. The van der Waals surface area contributed by atoms with E-state index in [4.69, 9.17) is 0 Å². The van der Waals surface area contributed by atoms with Crippen molar-refractivity contribution < 1.29 is 18.0 Å². The number of nitrogens with one attached hydrogen (secondary N) is 1. The number of hydrogen-bond acceptors (Lipinski definition) is 4. The quantitative estimate of drug-likeness (QED) is 0.345. The third-order valence-corrected chi connectivity index (χ3v) is 8.39. The van der Waals surface area contributed by atoms with Gasteiger partial charge in [0.25, 0.3) is 10.0 Å². The Bertz CT molecular complexity index is 1400. The Morgan fingerprint density at radius 2 is 1.50 bits per heavy atom. The fraction of sp³-hybridized carbons (Fsp3) is 0.375. The van der Waals surface area contributed by atoms with Gasteiger partial charge in [0.15, 0.2) is 0 Å². The number of rotatable bonds is 11. The van der Waals surface area contributed by atoms with Crippen LogP contribution in [0.4, 0.5) is 5.69 Å². The molecule has 0 aliphatic carbocycles. The van der Waals surface area contributed by atoms with E-state index in [9.17, 15) is 18.0 Å². The van der Waals surface area contributed by atoms with Gasteiger partial charge in [-0.15, -0.1) is 0 Å². The van der Waals surface area contributed by atoms with Gasteiger partial charge in [-0.1, -0.05) is 67.6 Å². The molecule has 1 unspecified atom stereocenters. The number of benzene rings is 3. The number of carbonyl (C=O) groups excluding carboxylic acids is 2. The number of sulfonamides is 1. The lowest BCUT2D eigenvalue weighted by Gasteiger charge is -2.35. The van der Waals surface area contributed by atoms with Gasteiger partial charge in [0.05, 0.1) is 10.6 Å². The largest absolute Gasteiger partial charge is 0.350 e. The molecule has 3 aromatic carbocycles. The summed E-state index contributed by atoms with van der Waals surface area (Å²) in [5.41, 5.74) is 2.58. The Morgan fingerprint density at radius 1 is 0.900 bits per heavy atom. The number of anilines is 1. The van der Waals surface area contributed by atoms with Crippen molar-refractivity contribution in [3.63, 3.8) is 0 Å². The normalized spacial score (nSPS) is 12.4. The van der Waals surface area contributed by atoms with Crippen molar-refractivity contribution in [3.05, 3.63) is 95.6 Å². The number of amides is 2. The molecule has 8 heteroatoms. The zero-order chi connectivity index (χ0) is 29.5. The highest BCUT2D eigenvalue weighted by Crippen LogP contribution is 2.28. The molecule has 0 heterocycles. The fourth-order valence-electron chi connectivity index (χ4n) is 4.57. The van der Waals surface area contributed by atoms with Crippen molar-refractivity contribution in [1.82, 2.24) is 10.2 Å². The first kappa shape index (κ1) is 30.9. The molecule has 3 rings (SSSR count). The lowest BCUT2D eigenvalue weighted by Crippen LogP contribution is -2.56. The first-order valence-corrected chi connectivity index (χ1v) is 15.1. The van der Waals surface area contributed by atoms with E-state index in [-0.39, 0.29) is 17.3 Å². The molecular formula is C32H41N3O4S. The second-order valence-corrected chi connectivity index (χ2v) is 13.0. The maximum absolute atomic E-state index is 14.1. The van der Waals surface area contributed by atoms with Crippen LogP contribution in [0.3, 0.4) is 0 Å². The molecule has 2 amide bonds. The van der Waals surface area contributed by atoms with Gasteiger partial charge in [-0.3, -0.25) is 13.9 Å². The highest BCUT2D eigenvalue weighted by Gasteiger charge is 2.34. The summed E-state index contributed by atoms with van der Waals surface area (Å²) in [4.78, 5) is 29.1. The van der Waals surface area contributed by atoms with Crippen molar-refractivity contribution in [2.45, 2.75) is 70.9 Å². The minimum Gasteiger partial charge on any atom is -0.350 e. The molecule has 0 spiro atoms. The van der Waals surface area contributed by atoms with Crippen LogP contribution in [-0.2, 0) is 26.0 Å². The van der Waals surface area contributed by atoms with Crippen molar-refractivity contribution >= 4 is 27.5 Å². The smallest absolute Gasteiger partial charge is 0.264 e. The Hall–Kier alpha value is -3.65. The van der Waals surface area contributed by atoms with E-state index < -0.39 is 34.1 Å². The van der Waals surface area contributed by atoms with E-state index in [2.05, 4.69) is 5.32 Å². The van der Waals surface area contributed by atoms with Crippen LogP contribution in [0.5, 0.6) is 0 Å². The fourth-order valence-corrected chi connectivity index (χ4v) is 6.06. The van der Waals surface area contributed by atoms with Crippen LogP contribution in [0, 0.1) is 13.8 Å². The van der Waals surface area contributed by atoms with E-state index in [1.807, 2.05) is 84.0 Å². The van der Waals surface area contributed by atoms with Crippen molar-refractivity contribution in [1.29, 1.82) is 0 Å². The Balaban J connectivity index is 2.05. The monoisotopic (exact) mass is 563 g/mol. The predicted molar refractivity (Wildman–Crippen MR) is 161 cm³/mol. The summed E-state index contributed by atoms with van der Waals surface area (Å²) < 4.78 is 29.1. The average Bonchev–Trinajstić information content (AvgIpc) is 2.91. The first-order valence-electron chi connectivity index (χ1n) is 13.6. The number of aryl methyl sites for hydroxylation is 2. The highest BCUT2D eigenvalue weighted by molar-refractivity contribution is 7.92. The molecule has 40 heavy (non-hydrogen) atoms. The van der Waals surface area contributed by atoms with Gasteiger partial charge in [-0.05, 0) is 82.3 Å². The SMILES string of the molecule is CCC(C(=O)NC(C)(C)C)N(CCc1ccccc1)C(=O)CN(c1cc(C)ccc1C)S(=O)(=O)c1ccccc1. The summed E-state index contributed by atoms with van der Waals surface area (Å²) in [6.45, 7) is 11.1. The topological polar surface area (TPSA) is 86.8 Å². The number of hydrogen-bond donors (Lipinski definition) is 1.